The quantitative estimate of drug-likeness (QED) is 0.701. The normalized spacial score (nSPS) is 27.2. The predicted molar refractivity (Wildman–Crippen MR) is 65.9 cm³/mol. The first-order chi connectivity index (χ1) is 7.54. The predicted octanol–water partition coefficient (Wildman–Crippen LogP) is 0.742. The average molecular weight is 355 g/mol. The van der Waals surface area contributed by atoms with Gasteiger partial charge in [0.2, 0.25) is 0 Å². The molecule has 2 aliphatic rings. The molecule has 16 heavy (non-hydrogen) atoms. The van der Waals surface area contributed by atoms with E-state index in [4.69, 9.17) is 5.11 Å². The Kier molecular flexibility index (Phi) is 3.06. The third kappa shape index (κ3) is 1.77. The average Bonchev–Trinajstić information content (AvgIpc) is 2.78. The number of carboxylic acid groups (broad SMARTS) is 1. The van der Waals surface area contributed by atoms with E-state index in [-0.39, 0.29) is 5.04 Å². The van der Waals surface area contributed by atoms with Crippen LogP contribution in [0.2, 0.25) is 0 Å². The fourth-order valence-corrected chi connectivity index (χ4v) is 3.33. The van der Waals surface area contributed by atoms with Crippen LogP contribution in [-0.2, 0) is 9.53 Å². The minimum absolute atomic E-state index is 0.00651. The van der Waals surface area contributed by atoms with E-state index in [0.29, 0.717) is 3.72 Å². The van der Waals surface area contributed by atoms with E-state index in [2.05, 4.69) is 14.8 Å². The second kappa shape index (κ2) is 4.20. The van der Waals surface area contributed by atoms with Crippen LogP contribution in [0.5, 0.6) is 0 Å². The summed E-state index contributed by atoms with van der Waals surface area (Å²) in [6.45, 7) is 0. The fraction of sp³-hybridized carbons (Fsp3) is 0.429. The van der Waals surface area contributed by atoms with Crippen molar-refractivity contribution in [1.29, 1.82) is 0 Å². The number of hydrogen-bond acceptors (Lipinski definition) is 6. The molecule has 0 fully saturated rings. The Balaban J connectivity index is 2.23. The van der Waals surface area contributed by atoms with Crippen molar-refractivity contribution < 1.29 is 19.4 Å². The number of amides is 1. The molecule has 0 saturated heterocycles. The number of fused-ring (bicyclic) bond motifs is 1. The molecule has 7 nitrogen and oxygen atoms in total. The number of methoxy groups -OCH3 is 1. The maximum Gasteiger partial charge on any atom is 0.431 e. The summed E-state index contributed by atoms with van der Waals surface area (Å²) in [5, 5.41) is 13.5. The van der Waals surface area contributed by atoms with Crippen molar-refractivity contribution in [1.82, 2.24) is 5.01 Å². The number of carbonyl (C=O) groups is 2. The molecule has 9 heteroatoms. The number of rotatable bonds is 1. The highest BCUT2D eigenvalue weighted by atomic mass is 127. The van der Waals surface area contributed by atoms with Gasteiger partial charge in [-0.05, 0) is 22.6 Å². The molecule has 0 aliphatic carbocycles. The topological polar surface area (TPSA) is 91.6 Å². The first-order valence-electron chi connectivity index (χ1n) is 4.13. The van der Waals surface area contributed by atoms with Gasteiger partial charge in [0.1, 0.15) is 15.1 Å². The zero-order chi connectivity index (χ0) is 11.9. The number of carbonyl (C=O) groups excluding carboxylic acids is 1. The Morgan fingerprint density at radius 2 is 2.31 bits per heavy atom. The van der Waals surface area contributed by atoms with Crippen molar-refractivity contribution in [2.24, 2.45) is 10.1 Å². The molecule has 2 rings (SSSR count). The van der Waals surface area contributed by atoms with Gasteiger partial charge in [-0.15, -0.1) is 0 Å². The highest BCUT2D eigenvalue weighted by Gasteiger charge is 2.46. The second-order valence-corrected chi connectivity index (χ2v) is 5.14. The Hall–Kier alpha value is -0.840. The Morgan fingerprint density at radius 1 is 1.62 bits per heavy atom. The summed E-state index contributed by atoms with van der Waals surface area (Å²) in [7, 11) is 1.25. The molecule has 2 heterocycles. The third-order valence-electron chi connectivity index (χ3n) is 1.99. The van der Waals surface area contributed by atoms with Gasteiger partial charge in [-0.25, -0.2) is 9.59 Å². The van der Waals surface area contributed by atoms with Crippen LogP contribution in [0.4, 0.5) is 4.79 Å². The molecule has 0 saturated carbocycles. The van der Waals surface area contributed by atoms with E-state index < -0.39 is 23.5 Å². The van der Waals surface area contributed by atoms with Gasteiger partial charge in [0.25, 0.3) is 0 Å². The van der Waals surface area contributed by atoms with Gasteiger partial charge in [0.05, 0.1) is 7.11 Å². The minimum atomic E-state index is -1.09. The Morgan fingerprint density at radius 3 is 2.88 bits per heavy atom. The summed E-state index contributed by atoms with van der Waals surface area (Å²) >= 11 is 2.94. The standard InChI is InChI=1S/C7H6IN3O4S/c1-15-7(14)11-5-2(3(8)10-11)9-4(16-5)6(12)13/h2,5H,1H3,(H,12,13). The van der Waals surface area contributed by atoms with Crippen molar-refractivity contribution in [2.45, 2.75) is 11.4 Å². The number of aliphatic imine (C=N–C) groups is 1. The maximum absolute atomic E-state index is 11.4. The molecular formula is C7H6IN3O4S. The number of halogens is 1. The van der Waals surface area contributed by atoms with Crippen LogP contribution in [0.25, 0.3) is 0 Å². The van der Waals surface area contributed by atoms with Gasteiger partial charge in [0.15, 0.2) is 5.04 Å². The van der Waals surface area contributed by atoms with Crippen LogP contribution >= 0.6 is 34.4 Å². The number of nitrogens with zero attached hydrogens (tertiary/aromatic N) is 3. The molecule has 1 N–H and O–H groups in total. The molecule has 0 aromatic rings. The van der Waals surface area contributed by atoms with Crippen LogP contribution in [0.1, 0.15) is 0 Å². The molecule has 2 aliphatic heterocycles. The van der Waals surface area contributed by atoms with Crippen LogP contribution < -0.4 is 0 Å². The van der Waals surface area contributed by atoms with E-state index in [1.54, 1.807) is 0 Å². The molecule has 2 unspecified atom stereocenters. The summed E-state index contributed by atoms with van der Waals surface area (Å²) in [6.07, 6.45) is -0.615. The van der Waals surface area contributed by atoms with Gasteiger partial charge >= 0.3 is 12.1 Å². The van der Waals surface area contributed by atoms with Crippen molar-refractivity contribution in [3.8, 4) is 0 Å². The van der Waals surface area contributed by atoms with Crippen molar-refractivity contribution in [2.75, 3.05) is 7.11 Å². The highest BCUT2D eigenvalue weighted by Crippen LogP contribution is 2.37. The highest BCUT2D eigenvalue weighted by molar-refractivity contribution is 14.1. The molecule has 2 atom stereocenters. The Bertz CT molecular complexity index is 424. The number of hydrazone groups is 1. The largest absolute Gasteiger partial charge is 0.476 e. The zero-order valence-electron chi connectivity index (χ0n) is 7.95. The molecule has 0 spiro atoms. The van der Waals surface area contributed by atoms with Gasteiger partial charge in [-0.2, -0.15) is 10.1 Å². The lowest BCUT2D eigenvalue weighted by Gasteiger charge is -2.17. The van der Waals surface area contributed by atoms with Crippen molar-refractivity contribution in [3.63, 3.8) is 0 Å². The van der Waals surface area contributed by atoms with Gasteiger partial charge in [-0.1, -0.05) is 11.8 Å². The first-order valence-corrected chi connectivity index (χ1v) is 6.09. The smallest absolute Gasteiger partial charge is 0.431 e. The van der Waals surface area contributed by atoms with Crippen molar-refractivity contribution in [3.05, 3.63) is 0 Å². The molecule has 86 valence electrons. The van der Waals surface area contributed by atoms with E-state index >= 15 is 0 Å². The first kappa shape index (κ1) is 11.6. The minimum Gasteiger partial charge on any atom is -0.476 e. The van der Waals surface area contributed by atoms with E-state index in [1.807, 2.05) is 22.6 Å². The fourth-order valence-electron chi connectivity index (χ4n) is 1.32. The summed E-state index contributed by atoms with van der Waals surface area (Å²) in [5.74, 6) is -1.09. The van der Waals surface area contributed by atoms with E-state index in [9.17, 15) is 9.59 Å². The summed E-state index contributed by atoms with van der Waals surface area (Å²) in [4.78, 5) is 26.1. The van der Waals surface area contributed by atoms with E-state index in [0.717, 1.165) is 16.8 Å². The number of aliphatic carboxylic acids is 1. The van der Waals surface area contributed by atoms with Crippen molar-refractivity contribution >= 4 is 55.2 Å². The molecule has 0 radical (unpaired) electrons. The molecule has 0 bridgehead atoms. The summed E-state index contributed by atoms with van der Waals surface area (Å²) < 4.78 is 5.13. The second-order valence-electron chi connectivity index (χ2n) is 2.93. The monoisotopic (exact) mass is 355 g/mol. The molecule has 0 aromatic carbocycles. The summed E-state index contributed by atoms with van der Waals surface area (Å²) in [5.41, 5.74) is 0. The number of carboxylic acids is 1. The van der Waals surface area contributed by atoms with Gasteiger partial charge in [0, 0.05) is 0 Å². The molecule has 0 aromatic heterocycles. The van der Waals surface area contributed by atoms with Crippen LogP contribution in [-0.4, -0.2) is 49.5 Å². The number of ether oxygens (including phenoxy) is 1. The Labute approximate surface area is 108 Å². The number of thioether (sulfide) groups is 1. The summed E-state index contributed by atoms with van der Waals surface area (Å²) in [6, 6.07) is -0.393. The van der Waals surface area contributed by atoms with Crippen LogP contribution in [0, 0.1) is 0 Å². The number of hydrogen-bond donors (Lipinski definition) is 1. The van der Waals surface area contributed by atoms with Gasteiger partial charge < -0.3 is 9.84 Å². The lowest BCUT2D eigenvalue weighted by molar-refractivity contribution is -0.129. The lowest BCUT2D eigenvalue weighted by atomic mass is 10.3. The zero-order valence-corrected chi connectivity index (χ0v) is 10.9. The lowest BCUT2D eigenvalue weighted by Crippen LogP contribution is -2.34. The van der Waals surface area contributed by atoms with Gasteiger partial charge in [-0.3, -0.25) is 4.99 Å². The maximum atomic E-state index is 11.4. The molecule has 1 amide bonds. The SMILES string of the molecule is COC(=O)N1N=C(I)C2N=C(C(=O)O)SC21. The third-order valence-corrected chi connectivity index (χ3v) is 4.05. The van der Waals surface area contributed by atoms with Crippen LogP contribution in [0.15, 0.2) is 10.1 Å². The van der Waals surface area contributed by atoms with E-state index in [1.165, 1.54) is 7.11 Å². The van der Waals surface area contributed by atoms with Crippen LogP contribution in [0.3, 0.4) is 0 Å². The molecular weight excluding hydrogens is 349 g/mol.